The summed E-state index contributed by atoms with van der Waals surface area (Å²) in [4.78, 5) is 3.78. The van der Waals surface area contributed by atoms with Gasteiger partial charge in [0.25, 0.3) is 0 Å². The largest absolute Gasteiger partial charge is 0.275 e. The first-order chi connectivity index (χ1) is 3.81. The Morgan fingerprint density at radius 1 is 1.38 bits per heavy atom. The monoisotopic (exact) mass is 114 g/mol. The molecule has 4 heteroatoms. The molecule has 8 heavy (non-hydrogen) atoms. The normalized spacial score (nSPS) is 12.6. The smallest absolute Gasteiger partial charge is 0.115 e. The van der Waals surface area contributed by atoms with Crippen LogP contribution in [0.2, 0.25) is 0 Å². The Kier molecular flexibility index (Phi) is 3.74. The molecule has 0 aliphatic heterocycles. The van der Waals surface area contributed by atoms with E-state index in [-0.39, 0.29) is 0 Å². The summed E-state index contributed by atoms with van der Waals surface area (Å²) in [6, 6.07) is 0. The molecule has 0 amide bonds. The summed E-state index contributed by atoms with van der Waals surface area (Å²) in [6.45, 7) is 1.81. The lowest BCUT2D eigenvalue weighted by Crippen LogP contribution is -2.11. The van der Waals surface area contributed by atoms with E-state index in [2.05, 4.69) is 20.8 Å². The highest BCUT2D eigenvalue weighted by Crippen LogP contribution is 1.67. The van der Waals surface area contributed by atoms with Gasteiger partial charge in [0, 0.05) is 7.05 Å². The predicted octanol–water partition coefficient (Wildman–Crippen LogP) is 0.621. The van der Waals surface area contributed by atoms with E-state index in [1.54, 1.807) is 14.1 Å². The van der Waals surface area contributed by atoms with E-state index >= 15 is 0 Å². The second-order valence-corrected chi connectivity index (χ2v) is 1.22. The molecule has 0 bridgehead atoms. The average molecular weight is 114 g/mol. The molecule has 0 unspecified atom stereocenters. The maximum atomic E-state index is 3.78. The van der Waals surface area contributed by atoms with Gasteiger partial charge in [-0.2, -0.15) is 5.11 Å². The van der Waals surface area contributed by atoms with Crippen molar-refractivity contribution in [2.75, 3.05) is 14.1 Å². The standard InChI is InChI=1S/C4H10N4/c1-4(5-2)7-8-6-3/h1-3H3,(H,5,6,7). The van der Waals surface area contributed by atoms with Gasteiger partial charge in [0.05, 0.1) is 7.05 Å². The van der Waals surface area contributed by atoms with Gasteiger partial charge in [-0.3, -0.25) is 4.99 Å². The Balaban J connectivity index is 3.40. The van der Waals surface area contributed by atoms with Gasteiger partial charge in [-0.15, -0.1) is 0 Å². The van der Waals surface area contributed by atoms with Crippen LogP contribution < -0.4 is 5.43 Å². The molecular weight excluding hydrogens is 104 g/mol. The number of aliphatic imine (C=N–C) groups is 1. The molecule has 0 saturated carbocycles. The fourth-order valence-electron chi connectivity index (χ4n) is 0.172. The van der Waals surface area contributed by atoms with Crippen molar-refractivity contribution in [3.05, 3.63) is 0 Å². The molecule has 0 radical (unpaired) electrons. The predicted molar refractivity (Wildman–Crippen MR) is 32.9 cm³/mol. The van der Waals surface area contributed by atoms with Crippen LogP contribution in [0.4, 0.5) is 0 Å². The van der Waals surface area contributed by atoms with Crippen molar-refractivity contribution in [2.45, 2.75) is 6.92 Å². The van der Waals surface area contributed by atoms with Crippen molar-refractivity contribution in [1.29, 1.82) is 0 Å². The van der Waals surface area contributed by atoms with Crippen molar-refractivity contribution < 1.29 is 0 Å². The van der Waals surface area contributed by atoms with Gasteiger partial charge in [-0.1, -0.05) is 5.22 Å². The lowest BCUT2D eigenvalue weighted by atomic mass is 10.7. The Morgan fingerprint density at radius 2 is 2.00 bits per heavy atom. The highest BCUT2D eigenvalue weighted by molar-refractivity contribution is 5.78. The van der Waals surface area contributed by atoms with Crippen LogP contribution in [0, 0.1) is 0 Å². The summed E-state index contributed by atoms with van der Waals surface area (Å²) in [6.07, 6.45) is 0. The van der Waals surface area contributed by atoms with Crippen LogP contribution in [0.5, 0.6) is 0 Å². The van der Waals surface area contributed by atoms with Crippen LogP contribution in [-0.2, 0) is 0 Å². The van der Waals surface area contributed by atoms with Crippen LogP contribution in [0.25, 0.3) is 0 Å². The van der Waals surface area contributed by atoms with Crippen molar-refractivity contribution in [1.82, 2.24) is 5.43 Å². The second kappa shape index (κ2) is 4.23. The third-order valence-corrected chi connectivity index (χ3v) is 0.647. The molecule has 0 fully saturated rings. The molecule has 0 rings (SSSR count). The Morgan fingerprint density at radius 3 is 2.38 bits per heavy atom. The molecule has 0 aromatic rings. The molecule has 0 aromatic carbocycles. The van der Waals surface area contributed by atoms with Gasteiger partial charge < -0.3 is 0 Å². The first-order valence-electron chi connectivity index (χ1n) is 2.29. The summed E-state index contributed by atoms with van der Waals surface area (Å²) >= 11 is 0. The number of nitrogens with one attached hydrogen (secondary N) is 1. The van der Waals surface area contributed by atoms with E-state index in [1.807, 2.05) is 6.92 Å². The fourth-order valence-corrected chi connectivity index (χ4v) is 0.172. The van der Waals surface area contributed by atoms with Gasteiger partial charge >= 0.3 is 0 Å². The maximum absolute atomic E-state index is 3.78. The zero-order valence-corrected chi connectivity index (χ0v) is 5.34. The third-order valence-electron chi connectivity index (χ3n) is 0.647. The summed E-state index contributed by atoms with van der Waals surface area (Å²) in [5.74, 6) is 0.760. The molecule has 0 aromatic heterocycles. The molecule has 0 heterocycles. The summed E-state index contributed by atoms with van der Waals surface area (Å²) in [5.41, 5.74) is 2.59. The summed E-state index contributed by atoms with van der Waals surface area (Å²) < 4.78 is 0. The summed E-state index contributed by atoms with van der Waals surface area (Å²) in [7, 11) is 3.28. The Labute approximate surface area is 48.7 Å². The lowest BCUT2D eigenvalue weighted by Gasteiger charge is -1.91. The third kappa shape index (κ3) is 3.27. The fraction of sp³-hybridized carbons (Fsp3) is 0.750. The number of amidine groups is 1. The van der Waals surface area contributed by atoms with Crippen molar-refractivity contribution in [3.63, 3.8) is 0 Å². The van der Waals surface area contributed by atoms with E-state index in [0.29, 0.717) is 0 Å². The molecule has 0 atom stereocenters. The van der Waals surface area contributed by atoms with E-state index in [4.69, 9.17) is 0 Å². The van der Waals surface area contributed by atoms with Crippen LogP contribution in [0.15, 0.2) is 15.3 Å². The van der Waals surface area contributed by atoms with Crippen molar-refractivity contribution in [2.24, 2.45) is 15.3 Å². The van der Waals surface area contributed by atoms with E-state index in [9.17, 15) is 0 Å². The molecule has 0 spiro atoms. The lowest BCUT2D eigenvalue weighted by molar-refractivity contribution is 0.886. The average Bonchev–Trinajstić information content (AvgIpc) is 1.83. The molecule has 4 nitrogen and oxygen atoms in total. The van der Waals surface area contributed by atoms with Crippen molar-refractivity contribution >= 4 is 5.84 Å². The zero-order chi connectivity index (χ0) is 6.41. The number of hydrogen-bond acceptors (Lipinski definition) is 3. The van der Waals surface area contributed by atoms with Crippen LogP contribution in [-0.4, -0.2) is 19.9 Å². The minimum atomic E-state index is 0.760. The van der Waals surface area contributed by atoms with Gasteiger partial charge in [0.1, 0.15) is 5.84 Å². The first kappa shape index (κ1) is 7.07. The Hall–Kier alpha value is -0.930. The number of rotatable bonds is 1. The van der Waals surface area contributed by atoms with Gasteiger partial charge in [-0.25, -0.2) is 5.43 Å². The summed E-state index contributed by atoms with van der Waals surface area (Å²) in [5, 5.41) is 6.94. The zero-order valence-electron chi connectivity index (χ0n) is 5.34. The SMILES string of the molecule is CN=NNC(C)=NC. The molecule has 0 saturated heterocycles. The van der Waals surface area contributed by atoms with Gasteiger partial charge in [-0.05, 0) is 6.92 Å². The van der Waals surface area contributed by atoms with E-state index in [1.165, 1.54) is 0 Å². The van der Waals surface area contributed by atoms with Crippen LogP contribution in [0.1, 0.15) is 6.92 Å². The molecule has 0 aliphatic rings. The van der Waals surface area contributed by atoms with Crippen LogP contribution >= 0.6 is 0 Å². The van der Waals surface area contributed by atoms with Gasteiger partial charge in [0.15, 0.2) is 0 Å². The topological polar surface area (TPSA) is 49.1 Å². The van der Waals surface area contributed by atoms with Crippen LogP contribution in [0.3, 0.4) is 0 Å². The molecule has 1 N–H and O–H groups in total. The Bertz CT molecular complexity index is 105. The highest BCUT2D eigenvalue weighted by Gasteiger charge is 1.77. The minimum Gasteiger partial charge on any atom is -0.275 e. The molecule has 46 valence electrons. The minimum absolute atomic E-state index is 0.760. The molecular formula is C4H10N4. The second-order valence-electron chi connectivity index (χ2n) is 1.22. The highest BCUT2D eigenvalue weighted by atomic mass is 15.4. The van der Waals surface area contributed by atoms with E-state index < -0.39 is 0 Å². The first-order valence-corrected chi connectivity index (χ1v) is 2.29. The quantitative estimate of drug-likeness (QED) is 0.231. The van der Waals surface area contributed by atoms with Crippen molar-refractivity contribution in [3.8, 4) is 0 Å². The maximum Gasteiger partial charge on any atom is 0.115 e. The van der Waals surface area contributed by atoms with E-state index in [0.717, 1.165) is 5.84 Å². The van der Waals surface area contributed by atoms with Gasteiger partial charge in [0.2, 0.25) is 0 Å². The number of nitrogens with zero attached hydrogens (tertiary/aromatic N) is 3. The number of hydrogen-bond donors (Lipinski definition) is 1. The molecule has 0 aliphatic carbocycles.